The molecule has 1 aliphatic carbocycles. The van der Waals surface area contributed by atoms with Crippen molar-refractivity contribution in [3.05, 3.63) is 64.7 Å². The molecule has 0 fully saturated rings. The van der Waals surface area contributed by atoms with E-state index < -0.39 is 0 Å². The molecule has 4 rings (SSSR count). The van der Waals surface area contributed by atoms with Gasteiger partial charge in [0.25, 0.3) is 0 Å². The number of aryl methyl sites for hydroxylation is 2. The van der Waals surface area contributed by atoms with Crippen LogP contribution < -0.4 is 5.32 Å². The van der Waals surface area contributed by atoms with Crippen LogP contribution in [0.2, 0.25) is 0 Å². The van der Waals surface area contributed by atoms with Gasteiger partial charge in [0.05, 0.1) is 11.4 Å². The van der Waals surface area contributed by atoms with Gasteiger partial charge in [-0.2, -0.15) is 5.10 Å². The van der Waals surface area contributed by atoms with Gasteiger partial charge >= 0.3 is 0 Å². The number of carbonyl (C=O) groups is 1. The quantitative estimate of drug-likeness (QED) is 0.500. The number of aromatic nitrogens is 4. The molecule has 0 unspecified atom stereocenters. The lowest BCUT2D eigenvalue weighted by molar-refractivity contribution is -0.118. The van der Waals surface area contributed by atoms with Crippen molar-refractivity contribution in [3.63, 3.8) is 0 Å². The summed E-state index contributed by atoms with van der Waals surface area (Å²) in [4.78, 5) is 20.9. The van der Waals surface area contributed by atoms with Crippen LogP contribution in [0.25, 0.3) is 5.82 Å². The molecule has 1 aromatic carbocycles. The lowest BCUT2D eigenvalue weighted by atomic mass is 9.96. The minimum absolute atomic E-state index is 0.0111. The summed E-state index contributed by atoms with van der Waals surface area (Å²) in [5, 5.41) is 8.44. The number of carbonyl (C=O) groups excluding carboxylic acids is 1. The van der Waals surface area contributed by atoms with Gasteiger partial charge in [-0.3, -0.25) is 4.79 Å². The highest BCUT2D eigenvalue weighted by molar-refractivity contribution is 7.99. The zero-order chi connectivity index (χ0) is 20.2. The largest absolute Gasteiger partial charge is 0.351 e. The molecule has 3 aromatic rings. The number of amides is 1. The van der Waals surface area contributed by atoms with E-state index in [9.17, 15) is 4.79 Å². The molecular weight excluding hydrogens is 382 g/mol. The molecule has 0 radical (unpaired) electrons. The fourth-order valence-electron chi connectivity index (χ4n) is 3.59. The first kappa shape index (κ1) is 19.6. The summed E-state index contributed by atoms with van der Waals surface area (Å²) in [7, 11) is 0. The average molecular weight is 408 g/mol. The number of hydrogen-bond donors (Lipinski definition) is 1. The van der Waals surface area contributed by atoms with Crippen LogP contribution in [0.1, 0.15) is 40.9 Å². The Morgan fingerprint density at radius 2 is 1.93 bits per heavy atom. The van der Waals surface area contributed by atoms with Gasteiger partial charge in [0.1, 0.15) is 11.4 Å². The molecule has 1 N–H and O–H groups in total. The third-order valence-electron chi connectivity index (χ3n) is 5.19. The van der Waals surface area contributed by atoms with Gasteiger partial charge < -0.3 is 5.32 Å². The molecule has 0 atom stereocenters. The molecule has 7 heteroatoms. The normalized spacial score (nSPS) is 13.2. The molecule has 0 saturated heterocycles. The Kier molecular flexibility index (Phi) is 5.94. The Labute approximate surface area is 175 Å². The highest BCUT2D eigenvalue weighted by Crippen LogP contribution is 2.26. The second kappa shape index (κ2) is 8.78. The fraction of sp³-hybridized carbons (Fsp3) is 0.364. The van der Waals surface area contributed by atoms with Crippen LogP contribution in [-0.4, -0.2) is 31.4 Å². The van der Waals surface area contributed by atoms with Crippen molar-refractivity contribution >= 4 is 17.7 Å². The molecule has 0 spiro atoms. The number of nitrogens with zero attached hydrogens (tertiary/aromatic N) is 4. The average Bonchev–Trinajstić information content (AvgIpc) is 3.09. The molecule has 0 saturated carbocycles. The monoisotopic (exact) mass is 407 g/mol. The van der Waals surface area contributed by atoms with E-state index >= 15 is 0 Å². The van der Waals surface area contributed by atoms with E-state index in [2.05, 4.69) is 29.1 Å². The topological polar surface area (TPSA) is 72.7 Å². The van der Waals surface area contributed by atoms with Gasteiger partial charge in [-0.05, 0) is 50.7 Å². The van der Waals surface area contributed by atoms with Crippen LogP contribution in [0.4, 0.5) is 0 Å². The van der Waals surface area contributed by atoms with Crippen LogP contribution in [0.3, 0.4) is 0 Å². The summed E-state index contributed by atoms with van der Waals surface area (Å²) in [6, 6.07) is 10.1. The number of thioether (sulfide) groups is 1. The fourth-order valence-corrected chi connectivity index (χ4v) is 4.29. The third-order valence-corrected chi connectivity index (χ3v) is 6.11. The van der Waals surface area contributed by atoms with E-state index in [1.165, 1.54) is 41.4 Å². The summed E-state index contributed by atoms with van der Waals surface area (Å²) in [5.41, 5.74) is 6.02. The van der Waals surface area contributed by atoms with Crippen LogP contribution in [0.5, 0.6) is 0 Å². The molecule has 2 aromatic heterocycles. The Morgan fingerprint density at radius 1 is 1.14 bits per heavy atom. The first-order chi connectivity index (χ1) is 14.1. The molecule has 1 amide bonds. The zero-order valence-electron chi connectivity index (χ0n) is 16.8. The number of hydrogen-bond acceptors (Lipinski definition) is 5. The molecule has 150 valence electrons. The van der Waals surface area contributed by atoms with E-state index in [-0.39, 0.29) is 5.91 Å². The lowest BCUT2D eigenvalue weighted by Crippen LogP contribution is -2.24. The first-order valence-electron chi connectivity index (χ1n) is 9.95. The maximum atomic E-state index is 12.2. The van der Waals surface area contributed by atoms with Crippen LogP contribution in [-0.2, 0) is 24.2 Å². The number of fused-ring (bicyclic) bond motifs is 1. The van der Waals surface area contributed by atoms with Crippen molar-refractivity contribution < 1.29 is 4.79 Å². The maximum absolute atomic E-state index is 12.2. The number of rotatable bonds is 6. The van der Waals surface area contributed by atoms with E-state index in [1.54, 1.807) is 6.33 Å². The summed E-state index contributed by atoms with van der Waals surface area (Å²) in [6.07, 6.45) is 6.08. The molecule has 2 heterocycles. The van der Waals surface area contributed by atoms with Crippen LogP contribution in [0, 0.1) is 13.8 Å². The highest BCUT2D eigenvalue weighted by atomic mass is 32.2. The number of benzene rings is 1. The Balaban J connectivity index is 1.38. The Morgan fingerprint density at radius 3 is 2.76 bits per heavy atom. The van der Waals surface area contributed by atoms with E-state index in [0.717, 1.165) is 34.9 Å². The third kappa shape index (κ3) is 4.67. The Hall–Kier alpha value is -2.67. The van der Waals surface area contributed by atoms with Crippen LogP contribution in [0.15, 0.2) is 41.7 Å². The van der Waals surface area contributed by atoms with Gasteiger partial charge in [0.15, 0.2) is 5.82 Å². The van der Waals surface area contributed by atoms with E-state index in [0.29, 0.717) is 12.3 Å². The van der Waals surface area contributed by atoms with Crippen molar-refractivity contribution in [2.45, 2.75) is 51.1 Å². The molecular formula is C22H25N5OS. The molecule has 6 nitrogen and oxygen atoms in total. The minimum atomic E-state index is -0.0111. The summed E-state index contributed by atoms with van der Waals surface area (Å²) < 4.78 is 1.95. The zero-order valence-corrected chi connectivity index (χ0v) is 17.6. The van der Waals surface area contributed by atoms with Gasteiger partial charge in [-0.1, -0.05) is 41.6 Å². The van der Waals surface area contributed by atoms with Crippen LogP contribution >= 0.6 is 11.8 Å². The van der Waals surface area contributed by atoms with Crippen molar-refractivity contribution in [1.82, 2.24) is 25.1 Å². The smallest absolute Gasteiger partial charge is 0.230 e. The molecule has 0 bridgehead atoms. The summed E-state index contributed by atoms with van der Waals surface area (Å²) >= 11 is 1.41. The lowest BCUT2D eigenvalue weighted by Gasteiger charge is -2.13. The van der Waals surface area contributed by atoms with E-state index in [4.69, 9.17) is 5.10 Å². The second-order valence-electron chi connectivity index (χ2n) is 7.40. The van der Waals surface area contributed by atoms with Gasteiger partial charge in [-0.25, -0.2) is 14.6 Å². The maximum Gasteiger partial charge on any atom is 0.230 e. The number of nitrogens with one attached hydrogen (secondary N) is 1. The van der Waals surface area contributed by atoms with Crippen molar-refractivity contribution in [2.75, 3.05) is 5.75 Å². The predicted molar refractivity (Wildman–Crippen MR) is 114 cm³/mol. The molecule has 1 aliphatic rings. The Bertz CT molecular complexity index is 1010. The molecule has 0 aliphatic heterocycles. The van der Waals surface area contributed by atoms with Gasteiger partial charge in [-0.15, -0.1) is 0 Å². The molecule has 29 heavy (non-hydrogen) atoms. The van der Waals surface area contributed by atoms with E-state index in [1.807, 2.05) is 35.0 Å². The minimum Gasteiger partial charge on any atom is -0.351 e. The van der Waals surface area contributed by atoms with Crippen molar-refractivity contribution in [1.29, 1.82) is 0 Å². The van der Waals surface area contributed by atoms with Gasteiger partial charge in [0.2, 0.25) is 5.91 Å². The van der Waals surface area contributed by atoms with Crippen molar-refractivity contribution in [2.24, 2.45) is 0 Å². The van der Waals surface area contributed by atoms with Gasteiger partial charge in [0, 0.05) is 18.3 Å². The summed E-state index contributed by atoms with van der Waals surface area (Å²) in [6.45, 7) is 4.65. The predicted octanol–water partition coefficient (Wildman–Crippen LogP) is 3.57. The first-order valence-corrected chi connectivity index (χ1v) is 10.9. The van der Waals surface area contributed by atoms with Crippen molar-refractivity contribution in [3.8, 4) is 5.82 Å². The highest BCUT2D eigenvalue weighted by Gasteiger charge is 2.20. The second-order valence-corrected chi connectivity index (χ2v) is 8.39. The summed E-state index contributed by atoms with van der Waals surface area (Å²) in [5.74, 6) is 1.08. The standard InChI is InChI=1S/C22H25N5OS/c1-15-7-9-17(10-8-15)12-23-21(28)13-29-22-11-20(24-14-25-22)27-19-6-4-3-5-18(19)16(2)26-27/h7-11,14H,3-6,12-13H2,1-2H3,(H,23,28). The SMILES string of the molecule is Cc1ccc(CNC(=O)CSc2cc(-n3nc(C)c4c3CCCC4)ncn2)cc1.